The fourth-order valence-electron chi connectivity index (χ4n) is 2.53. The van der Waals surface area contributed by atoms with Crippen LogP contribution in [0.5, 0.6) is 0 Å². The molecule has 7 nitrogen and oxygen atoms in total. The number of fused-ring (bicyclic) bond motifs is 1. The second-order valence-electron chi connectivity index (χ2n) is 5.77. The van der Waals surface area contributed by atoms with Crippen LogP contribution in [0.2, 0.25) is 0 Å². The number of aromatic amines is 1. The van der Waals surface area contributed by atoms with Gasteiger partial charge in [-0.25, -0.2) is 0 Å². The van der Waals surface area contributed by atoms with E-state index >= 15 is 0 Å². The van der Waals surface area contributed by atoms with Gasteiger partial charge in [-0.3, -0.25) is 20.0 Å². The normalized spacial score (nSPS) is 12.5. The molecule has 2 aromatic heterocycles. The van der Waals surface area contributed by atoms with Crippen molar-refractivity contribution in [3.8, 4) is 0 Å². The fraction of sp³-hybridized carbons (Fsp3) is 0.250. The first-order valence-corrected chi connectivity index (χ1v) is 8.32. The Hall–Kier alpha value is -2.74. The second-order valence-corrected chi connectivity index (χ2v) is 6.75. The maximum Gasteiger partial charge on any atom is 0.272 e. The van der Waals surface area contributed by atoms with Crippen molar-refractivity contribution < 1.29 is 9.72 Å². The van der Waals surface area contributed by atoms with Crippen molar-refractivity contribution in [3.05, 3.63) is 56.4 Å². The molecule has 2 N–H and O–H groups in total. The Labute approximate surface area is 141 Å². The van der Waals surface area contributed by atoms with Gasteiger partial charge in [0.25, 0.3) is 11.6 Å². The van der Waals surface area contributed by atoms with Gasteiger partial charge in [0.2, 0.25) is 0 Å². The smallest absolute Gasteiger partial charge is 0.272 e. The predicted molar refractivity (Wildman–Crippen MR) is 92.1 cm³/mol. The summed E-state index contributed by atoms with van der Waals surface area (Å²) in [6, 6.07) is 8.07. The number of hydrogen-bond acceptors (Lipinski definition) is 5. The van der Waals surface area contributed by atoms with Gasteiger partial charge in [-0.15, -0.1) is 11.3 Å². The van der Waals surface area contributed by atoms with Crippen molar-refractivity contribution in [3.63, 3.8) is 0 Å². The van der Waals surface area contributed by atoms with Crippen LogP contribution in [-0.2, 0) is 0 Å². The maximum absolute atomic E-state index is 12.7. The van der Waals surface area contributed by atoms with Crippen LogP contribution in [0.15, 0.2) is 35.7 Å². The quantitative estimate of drug-likeness (QED) is 0.545. The van der Waals surface area contributed by atoms with Gasteiger partial charge in [-0.05, 0) is 23.4 Å². The third-order valence-corrected chi connectivity index (χ3v) is 4.73. The average Bonchev–Trinajstić information content (AvgIpc) is 3.20. The van der Waals surface area contributed by atoms with Crippen molar-refractivity contribution in [2.24, 2.45) is 5.92 Å². The van der Waals surface area contributed by atoms with E-state index in [1.54, 1.807) is 17.4 Å². The monoisotopic (exact) mass is 344 g/mol. The number of rotatable bonds is 5. The molecule has 0 radical (unpaired) electrons. The number of nitro benzene ring substituents is 1. The molecule has 1 aromatic carbocycles. The first-order chi connectivity index (χ1) is 11.5. The van der Waals surface area contributed by atoms with E-state index in [1.807, 2.05) is 31.4 Å². The number of benzene rings is 1. The second kappa shape index (κ2) is 6.40. The largest absolute Gasteiger partial charge is 0.343 e. The molecule has 0 fully saturated rings. The molecule has 0 bridgehead atoms. The van der Waals surface area contributed by atoms with Crippen molar-refractivity contribution in [1.82, 2.24) is 15.5 Å². The summed E-state index contributed by atoms with van der Waals surface area (Å²) >= 11 is 1.58. The SMILES string of the molecule is CC(C)[C@@H](NC(=O)c1n[nH]c2ccc([N+](=O)[O-])cc12)c1cccs1. The Morgan fingerprint density at radius 1 is 1.38 bits per heavy atom. The number of aromatic nitrogens is 2. The molecular weight excluding hydrogens is 328 g/mol. The number of nitrogens with one attached hydrogen (secondary N) is 2. The van der Waals surface area contributed by atoms with Crippen LogP contribution in [0.3, 0.4) is 0 Å². The number of amides is 1. The molecular formula is C16H16N4O3S. The summed E-state index contributed by atoms with van der Waals surface area (Å²) in [5, 5.41) is 23.1. The lowest BCUT2D eigenvalue weighted by Crippen LogP contribution is -2.31. The molecule has 8 heteroatoms. The van der Waals surface area contributed by atoms with Gasteiger partial charge in [-0.2, -0.15) is 5.10 Å². The Balaban J connectivity index is 1.93. The van der Waals surface area contributed by atoms with E-state index in [2.05, 4.69) is 15.5 Å². The van der Waals surface area contributed by atoms with Crippen LogP contribution in [0, 0.1) is 16.0 Å². The lowest BCUT2D eigenvalue weighted by Gasteiger charge is -2.20. The number of non-ortho nitro benzene ring substituents is 1. The zero-order valence-corrected chi connectivity index (χ0v) is 14.0. The Kier molecular flexibility index (Phi) is 4.30. The highest BCUT2D eigenvalue weighted by molar-refractivity contribution is 7.10. The van der Waals surface area contributed by atoms with Crippen molar-refractivity contribution >= 4 is 33.8 Å². The first-order valence-electron chi connectivity index (χ1n) is 7.44. The van der Waals surface area contributed by atoms with Gasteiger partial charge in [-0.1, -0.05) is 19.9 Å². The molecule has 24 heavy (non-hydrogen) atoms. The van der Waals surface area contributed by atoms with Gasteiger partial charge >= 0.3 is 0 Å². The third-order valence-electron chi connectivity index (χ3n) is 3.78. The molecule has 3 rings (SSSR count). The average molecular weight is 344 g/mol. The molecule has 1 amide bonds. The number of H-pyrrole nitrogens is 1. The molecule has 0 spiro atoms. The molecule has 3 aromatic rings. The molecule has 0 aliphatic carbocycles. The molecule has 2 heterocycles. The van der Waals surface area contributed by atoms with E-state index in [-0.39, 0.29) is 29.2 Å². The molecule has 0 saturated carbocycles. The first kappa shape index (κ1) is 16.1. The van der Waals surface area contributed by atoms with Crippen LogP contribution in [0.25, 0.3) is 10.9 Å². The molecule has 0 aliphatic heterocycles. The van der Waals surface area contributed by atoms with Crippen LogP contribution in [0.1, 0.15) is 35.3 Å². The predicted octanol–water partition coefficient (Wildman–Crippen LogP) is 3.66. The van der Waals surface area contributed by atoms with Gasteiger partial charge < -0.3 is 5.32 Å². The number of carbonyl (C=O) groups excluding carboxylic acids is 1. The molecule has 0 unspecified atom stereocenters. The minimum absolute atomic E-state index is 0.0726. The number of hydrogen-bond donors (Lipinski definition) is 2. The number of nitrogens with zero attached hydrogens (tertiary/aromatic N) is 2. The minimum atomic E-state index is -0.489. The van der Waals surface area contributed by atoms with Crippen molar-refractivity contribution in [2.75, 3.05) is 0 Å². The van der Waals surface area contributed by atoms with E-state index in [1.165, 1.54) is 12.1 Å². The Morgan fingerprint density at radius 2 is 2.17 bits per heavy atom. The highest BCUT2D eigenvalue weighted by atomic mass is 32.1. The minimum Gasteiger partial charge on any atom is -0.343 e. The summed E-state index contributed by atoms with van der Waals surface area (Å²) in [6.45, 7) is 4.05. The summed E-state index contributed by atoms with van der Waals surface area (Å²) < 4.78 is 0. The molecule has 1 atom stereocenters. The molecule has 0 aliphatic rings. The van der Waals surface area contributed by atoms with Crippen LogP contribution in [0.4, 0.5) is 5.69 Å². The number of nitro groups is 1. The zero-order valence-electron chi connectivity index (χ0n) is 13.1. The molecule has 0 saturated heterocycles. The lowest BCUT2D eigenvalue weighted by molar-refractivity contribution is -0.384. The van der Waals surface area contributed by atoms with E-state index < -0.39 is 4.92 Å². The Morgan fingerprint density at radius 3 is 2.79 bits per heavy atom. The van der Waals surface area contributed by atoms with Crippen LogP contribution in [-0.4, -0.2) is 21.0 Å². The van der Waals surface area contributed by atoms with Crippen molar-refractivity contribution in [1.29, 1.82) is 0 Å². The van der Waals surface area contributed by atoms with Crippen LogP contribution >= 0.6 is 11.3 Å². The van der Waals surface area contributed by atoms with E-state index in [0.29, 0.717) is 10.9 Å². The van der Waals surface area contributed by atoms with Gasteiger partial charge in [0.15, 0.2) is 5.69 Å². The van der Waals surface area contributed by atoms with Gasteiger partial charge in [0, 0.05) is 22.4 Å². The summed E-state index contributed by atoms with van der Waals surface area (Å²) in [4.78, 5) is 24.2. The number of carbonyl (C=O) groups is 1. The number of thiophene rings is 1. The highest BCUT2D eigenvalue weighted by Gasteiger charge is 2.23. The zero-order chi connectivity index (χ0) is 17.3. The summed E-state index contributed by atoms with van der Waals surface area (Å²) in [6.07, 6.45) is 0. The molecule has 124 valence electrons. The fourth-order valence-corrected chi connectivity index (χ4v) is 3.48. The standard InChI is InChI=1S/C16H16N4O3S/c1-9(2)14(13-4-3-7-24-13)17-16(21)15-11-8-10(20(22)23)5-6-12(11)18-19-15/h3-9,14H,1-2H3,(H,17,21)(H,18,19)/t14-/m1/s1. The summed E-state index contributed by atoms with van der Waals surface area (Å²) in [7, 11) is 0. The van der Waals surface area contributed by atoms with E-state index in [9.17, 15) is 14.9 Å². The highest BCUT2D eigenvalue weighted by Crippen LogP contribution is 2.27. The van der Waals surface area contributed by atoms with Gasteiger partial charge in [0.05, 0.1) is 16.5 Å². The van der Waals surface area contributed by atoms with E-state index in [4.69, 9.17) is 0 Å². The summed E-state index contributed by atoms with van der Waals surface area (Å²) in [5.74, 6) is -0.152. The van der Waals surface area contributed by atoms with Crippen LogP contribution < -0.4 is 5.32 Å². The summed E-state index contributed by atoms with van der Waals surface area (Å²) in [5.41, 5.74) is 0.676. The maximum atomic E-state index is 12.7. The van der Waals surface area contributed by atoms with E-state index in [0.717, 1.165) is 4.88 Å². The van der Waals surface area contributed by atoms with Gasteiger partial charge in [0.1, 0.15) is 0 Å². The van der Waals surface area contributed by atoms with Crippen molar-refractivity contribution in [2.45, 2.75) is 19.9 Å². The third kappa shape index (κ3) is 3.00. The topological polar surface area (TPSA) is 101 Å². The lowest BCUT2D eigenvalue weighted by atomic mass is 10.0. The Bertz CT molecular complexity index is 886.